The molecule has 0 aliphatic carbocycles. The fraction of sp³-hybridized carbons (Fsp3) is 0.333. The maximum atomic E-state index is 13.0. The third-order valence-electron chi connectivity index (χ3n) is 2.94. The van der Waals surface area contributed by atoms with Crippen LogP contribution in [-0.4, -0.2) is 4.57 Å². The summed E-state index contributed by atoms with van der Waals surface area (Å²) in [7, 11) is 0. The molecule has 0 bridgehead atoms. The zero-order chi connectivity index (χ0) is 13.7. The minimum absolute atomic E-state index is 0.524. The van der Waals surface area contributed by atoms with E-state index in [-0.39, 0.29) is 0 Å². The number of aryl methyl sites for hydroxylation is 1. The van der Waals surface area contributed by atoms with Gasteiger partial charge in [-0.15, -0.1) is 0 Å². The number of halogens is 2. The van der Waals surface area contributed by atoms with Crippen LogP contribution in [0.25, 0.3) is 0 Å². The van der Waals surface area contributed by atoms with E-state index >= 15 is 0 Å². The fourth-order valence-electron chi connectivity index (χ4n) is 1.99. The van der Waals surface area contributed by atoms with E-state index in [9.17, 15) is 8.78 Å². The first kappa shape index (κ1) is 13.7. The number of rotatable bonds is 6. The molecule has 0 radical (unpaired) electrons. The van der Waals surface area contributed by atoms with Gasteiger partial charge in [0.05, 0.1) is 0 Å². The van der Waals surface area contributed by atoms with Gasteiger partial charge >= 0.3 is 0 Å². The van der Waals surface area contributed by atoms with Crippen LogP contribution in [0.4, 0.5) is 8.78 Å². The van der Waals surface area contributed by atoms with E-state index in [1.165, 1.54) is 11.6 Å². The lowest BCUT2D eigenvalue weighted by Gasteiger charge is -2.04. The van der Waals surface area contributed by atoms with Crippen molar-refractivity contribution in [3.63, 3.8) is 0 Å². The number of aromatic nitrogens is 1. The zero-order valence-electron chi connectivity index (χ0n) is 11.0. The molecule has 0 spiro atoms. The van der Waals surface area contributed by atoms with Crippen LogP contribution in [0.1, 0.15) is 24.5 Å². The lowest BCUT2D eigenvalue weighted by Crippen LogP contribution is -2.12. The molecular formula is C15H18F2N2. The molecule has 0 aliphatic heterocycles. The first-order valence-electron chi connectivity index (χ1n) is 6.48. The second-order valence-electron chi connectivity index (χ2n) is 4.61. The van der Waals surface area contributed by atoms with Crippen LogP contribution in [0, 0.1) is 11.6 Å². The van der Waals surface area contributed by atoms with E-state index in [4.69, 9.17) is 0 Å². The number of nitrogens with zero attached hydrogens (tertiary/aromatic N) is 1. The predicted molar refractivity (Wildman–Crippen MR) is 71.6 cm³/mol. The highest BCUT2D eigenvalue weighted by molar-refractivity contribution is 5.18. The van der Waals surface area contributed by atoms with Crippen LogP contribution >= 0.6 is 0 Å². The lowest BCUT2D eigenvalue weighted by molar-refractivity contribution is 0.506. The minimum atomic E-state index is -0.805. The van der Waals surface area contributed by atoms with Crippen molar-refractivity contribution < 1.29 is 8.78 Å². The maximum Gasteiger partial charge on any atom is 0.159 e. The maximum absolute atomic E-state index is 13.0. The molecule has 2 aromatic rings. The Kier molecular flexibility index (Phi) is 4.68. The summed E-state index contributed by atoms with van der Waals surface area (Å²) in [5, 5.41) is 3.22. The van der Waals surface area contributed by atoms with Crippen LogP contribution in [0.3, 0.4) is 0 Å². The zero-order valence-corrected chi connectivity index (χ0v) is 11.0. The SMILES string of the molecule is CCCn1ccc(CNCc2ccc(F)c(F)c2)c1. The third-order valence-corrected chi connectivity index (χ3v) is 2.94. The Morgan fingerprint density at radius 1 is 1.05 bits per heavy atom. The summed E-state index contributed by atoms with van der Waals surface area (Å²) in [5.74, 6) is -1.60. The number of benzene rings is 1. The average Bonchev–Trinajstić information content (AvgIpc) is 2.82. The second-order valence-corrected chi connectivity index (χ2v) is 4.61. The van der Waals surface area contributed by atoms with Crippen molar-refractivity contribution in [3.05, 3.63) is 59.4 Å². The molecule has 0 atom stereocenters. The highest BCUT2D eigenvalue weighted by Crippen LogP contribution is 2.09. The Bertz CT molecular complexity index is 535. The summed E-state index contributed by atoms with van der Waals surface area (Å²) in [6.45, 7) is 4.40. The monoisotopic (exact) mass is 264 g/mol. The minimum Gasteiger partial charge on any atom is -0.354 e. The third kappa shape index (κ3) is 3.89. The molecule has 19 heavy (non-hydrogen) atoms. The Balaban J connectivity index is 1.83. The molecule has 0 saturated heterocycles. The van der Waals surface area contributed by atoms with Crippen LogP contribution < -0.4 is 5.32 Å². The Hall–Kier alpha value is -1.68. The number of nitrogens with one attached hydrogen (secondary N) is 1. The fourth-order valence-corrected chi connectivity index (χ4v) is 1.99. The van der Waals surface area contributed by atoms with Gasteiger partial charge in [-0.1, -0.05) is 13.0 Å². The summed E-state index contributed by atoms with van der Waals surface area (Å²) >= 11 is 0. The van der Waals surface area contributed by atoms with E-state index < -0.39 is 11.6 Å². The van der Waals surface area contributed by atoms with Crippen molar-refractivity contribution in [2.75, 3.05) is 0 Å². The molecule has 0 amide bonds. The van der Waals surface area contributed by atoms with Crippen molar-refractivity contribution in [1.82, 2.24) is 9.88 Å². The van der Waals surface area contributed by atoms with Crippen LogP contribution in [0.15, 0.2) is 36.7 Å². The largest absolute Gasteiger partial charge is 0.354 e. The Labute approximate surface area is 112 Å². The standard InChI is InChI=1S/C15H18F2N2/c1-2-6-19-7-5-13(11-19)10-18-9-12-3-4-14(16)15(17)8-12/h3-5,7-8,11,18H,2,6,9-10H2,1H3. The van der Waals surface area contributed by atoms with Crippen molar-refractivity contribution in [2.24, 2.45) is 0 Å². The van der Waals surface area contributed by atoms with Crippen LogP contribution in [0.2, 0.25) is 0 Å². The first-order valence-corrected chi connectivity index (χ1v) is 6.48. The molecule has 1 heterocycles. The molecule has 0 aliphatic rings. The van der Waals surface area contributed by atoms with Crippen LogP contribution in [0.5, 0.6) is 0 Å². The normalized spacial score (nSPS) is 10.9. The molecule has 1 aromatic heterocycles. The molecule has 0 unspecified atom stereocenters. The Morgan fingerprint density at radius 3 is 2.58 bits per heavy atom. The lowest BCUT2D eigenvalue weighted by atomic mass is 10.2. The molecule has 1 N–H and O–H groups in total. The van der Waals surface area contributed by atoms with E-state index in [1.807, 2.05) is 0 Å². The van der Waals surface area contributed by atoms with Gasteiger partial charge in [0.1, 0.15) is 0 Å². The summed E-state index contributed by atoms with van der Waals surface area (Å²) in [6.07, 6.45) is 5.26. The predicted octanol–water partition coefficient (Wildman–Crippen LogP) is 3.47. The van der Waals surface area contributed by atoms with Gasteiger partial charge < -0.3 is 9.88 Å². The topological polar surface area (TPSA) is 17.0 Å². The highest BCUT2D eigenvalue weighted by Gasteiger charge is 2.02. The summed E-state index contributed by atoms with van der Waals surface area (Å²) in [5.41, 5.74) is 1.93. The van der Waals surface area contributed by atoms with Gasteiger partial charge in [0.15, 0.2) is 11.6 Å². The van der Waals surface area contributed by atoms with Crippen LogP contribution in [-0.2, 0) is 19.6 Å². The van der Waals surface area contributed by atoms with Crippen molar-refractivity contribution >= 4 is 0 Å². The molecule has 2 nitrogen and oxygen atoms in total. The van der Waals surface area contributed by atoms with E-state index in [2.05, 4.69) is 35.3 Å². The molecule has 0 fully saturated rings. The average molecular weight is 264 g/mol. The number of hydrogen-bond donors (Lipinski definition) is 1. The van der Waals surface area contributed by atoms with Gasteiger partial charge in [-0.2, -0.15) is 0 Å². The van der Waals surface area contributed by atoms with E-state index in [0.29, 0.717) is 6.54 Å². The molecule has 1 aromatic carbocycles. The number of hydrogen-bond acceptors (Lipinski definition) is 1. The van der Waals surface area contributed by atoms with Gasteiger partial charge in [0.25, 0.3) is 0 Å². The molecule has 0 saturated carbocycles. The summed E-state index contributed by atoms with van der Waals surface area (Å²) < 4.78 is 27.9. The summed E-state index contributed by atoms with van der Waals surface area (Å²) in [6, 6.07) is 6.04. The van der Waals surface area contributed by atoms with Gasteiger partial charge in [-0.3, -0.25) is 0 Å². The van der Waals surface area contributed by atoms with E-state index in [1.54, 1.807) is 6.07 Å². The molecular weight excluding hydrogens is 246 g/mol. The van der Waals surface area contributed by atoms with Gasteiger partial charge in [-0.05, 0) is 35.7 Å². The van der Waals surface area contributed by atoms with Gasteiger partial charge in [0.2, 0.25) is 0 Å². The molecule has 2 rings (SSSR count). The smallest absolute Gasteiger partial charge is 0.159 e. The summed E-state index contributed by atoms with van der Waals surface area (Å²) in [4.78, 5) is 0. The second kappa shape index (κ2) is 6.48. The van der Waals surface area contributed by atoms with Crippen molar-refractivity contribution in [2.45, 2.75) is 33.0 Å². The highest BCUT2D eigenvalue weighted by atomic mass is 19.2. The van der Waals surface area contributed by atoms with Gasteiger partial charge in [0, 0.05) is 32.0 Å². The first-order chi connectivity index (χ1) is 9.19. The van der Waals surface area contributed by atoms with Crippen molar-refractivity contribution in [3.8, 4) is 0 Å². The quantitative estimate of drug-likeness (QED) is 0.845. The van der Waals surface area contributed by atoms with Crippen molar-refractivity contribution in [1.29, 1.82) is 0 Å². The van der Waals surface area contributed by atoms with E-state index in [0.717, 1.165) is 31.1 Å². The molecule has 4 heteroatoms. The Morgan fingerprint density at radius 2 is 1.84 bits per heavy atom. The van der Waals surface area contributed by atoms with Gasteiger partial charge in [-0.25, -0.2) is 8.78 Å². The molecule has 102 valence electrons.